The van der Waals surface area contributed by atoms with Crippen molar-refractivity contribution < 1.29 is 22.7 Å². The van der Waals surface area contributed by atoms with Crippen LogP contribution in [0, 0.1) is 18.6 Å². The molecule has 0 aliphatic heterocycles. The molecule has 0 saturated carbocycles. The summed E-state index contributed by atoms with van der Waals surface area (Å²) in [5.41, 5.74) is 0.834. The van der Waals surface area contributed by atoms with E-state index < -0.39 is 11.6 Å². The van der Waals surface area contributed by atoms with Crippen LogP contribution < -0.4 is 10.1 Å². The largest absolute Gasteiger partial charge is 0.492 e. The number of carbonyl (C=O) groups excluding carboxylic acids is 1. The summed E-state index contributed by atoms with van der Waals surface area (Å²) < 4.78 is 38.5. The minimum atomic E-state index is -0.728. The van der Waals surface area contributed by atoms with Crippen molar-refractivity contribution >= 4 is 5.91 Å². The van der Waals surface area contributed by atoms with Gasteiger partial charge in [0.2, 0.25) is 5.91 Å². The Bertz CT molecular complexity index is 936. The molecule has 0 atom stereocenters. The van der Waals surface area contributed by atoms with Crippen LogP contribution in [0.3, 0.4) is 0 Å². The molecular formula is C21H20F2N2O3. The number of aromatic nitrogens is 1. The van der Waals surface area contributed by atoms with Gasteiger partial charge in [0.1, 0.15) is 24.0 Å². The molecule has 1 amide bonds. The monoisotopic (exact) mass is 386 g/mol. The van der Waals surface area contributed by atoms with E-state index >= 15 is 0 Å². The van der Waals surface area contributed by atoms with Crippen LogP contribution in [0.15, 0.2) is 53.1 Å². The van der Waals surface area contributed by atoms with Gasteiger partial charge in [-0.1, -0.05) is 18.2 Å². The summed E-state index contributed by atoms with van der Waals surface area (Å²) in [5.74, 6) is -0.656. The van der Waals surface area contributed by atoms with Gasteiger partial charge in [0, 0.05) is 12.8 Å². The normalized spacial score (nSPS) is 10.7. The van der Waals surface area contributed by atoms with Crippen molar-refractivity contribution in [1.82, 2.24) is 10.3 Å². The third-order valence-corrected chi connectivity index (χ3v) is 4.01. The van der Waals surface area contributed by atoms with Crippen LogP contribution in [0.5, 0.6) is 5.75 Å². The van der Waals surface area contributed by atoms with Crippen molar-refractivity contribution in [1.29, 1.82) is 0 Å². The lowest BCUT2D eigenvalue weighted by Crippen LogP contribution is -2.28. The lowest BCUT2D eigenvalue weighted by Gasteiger charge is -2.08. The number of nitrogens with zero attached hydrogens (tertiary/aromatic N) is 1. The molecule has 7 heteroatoms. The Labute approximate surface area is 161 Å². The topological polar surface area (TPSA) is 64.4 Å². The summed E-state index contributed by atoms with van der Waals surface area (Å²) in [6.45, 7) is 2.69. The number of hydrogen-bond acceptors (Lipinski definition) is 4. The molecular weight excluding hydrogens is 366 g/mol. The maximum Gasteiger partial charge on any atom is 0.220 e. The molecule has 0 fully saturated rings. The molecule has 1 N–H and O–H groups in total. The Morgan fingerprint density at radius 1 is 1.18 bits per heavy atom. The number of benzene rings is 2. The number of aryl methyl sites for hydroxylation is 2. The highest BCUT2D eigenvalue weighted by Gasteiger charge is 2.16. The van der Waals surface area contributed by atoms with Gasteiger partial charge in [0.05, 0.1) is 18.3 Å². The highest BCUT2D eigenvalue weighted by atomic mass is 19.1. The van der Waals surface area contributed by atoms with Crippen LogP contribution in [-0.2, 0) is 11.2 Å². The number of ether oxygens (including phenoxy) is 1. The van der Waals surface area contributed by atoms with Crippen LogP contribution in [0.1, 0.15) is 17.9 Å². The summed E-state index contributed by atoms with van der Waals surface area (Å²) >= 11 is 0. The summed E-state index contributed by atoms with van der Waals surface area (Å²) in [7, 11) is 0. The lowest BCUT2D eigenvalue weighted by molar-refractivity contribution is -0.121. The minimum absolute atomic E-state index is 0.00226. The van der Waals surface area contributed by atoms with Crippen LogP contribution in [0.4, 0.5) is 8.78 Å². The Kier molecular flexibility index (Phi) is 6.37. The molecule has 1 heterocycles. The highest BCUT2D eigenvalue weighted by Crippen LogP contribution is 2.26. The number of rotatable bonds is 8. The van der Waals surface area contributed by atoms with Crippen LogP contribution in [-0.4, -0.2) is 24.0 Å². The van der Waals surface area contributed by atoms with Crippen LogP contribution >= 0.6 is 0 Å². The van der Waals surface area contributed by atoms with E-state index in [9.17, 15) is 13.6 Å². The van der Waals surface area contributed by atoms with E-state index in [1.165, 1.54) is 12.3 Å². The quantitative estimate of drug-likeness (QED) is 0.593. The Balaban J connectivity index is 1.43. The average Bonchev–Trinajstić information content (AvgIpc) is 3.12. The van der Waals surface area contributed by atoms with Gasteiger partial charge in [0.25, 0.3) is 0 Å². The second-order valence-electron chi connectivity index (χ2n) is 6.23. The molecule has 0 radical (unpaired) electrons. The second-order valence-corrected chi connectivity index (χ2v) is 6.23. The standard InChI is InChI=1S/C21H20F2N2O3/c1-14-4-2-5-15(12-14)27-11-10-24-19(26)8-9-20-25-13-18(28-20)21-16(22)6-3-7-17(21)23/h2-7,12-13H,8-11H2,1H3,(H,24,26). The van der Waals surface area contributed by atoms with Gasteiger partial charge in [-0.3, -0.25) is 4.79 Å². The van der Waals surface area contributed by atoms with E-state index in [1.54, 1.807) is 0 Å². The highest BCUT2D eigenvalue weighted by molar-refractivity contribution is 5.76. The summed E-state index contributed by atoms with van der Waals surface area (Å²) in [5, 5.41) is 2.74. The van der Waals surface area contributed by atoms with E-state index in [0.29, 0.717) is 13.2 Å². The zero-order valence-electron chi connectivity index (χ0n) is 15.4. The molecule has 0 aliphatic rings. The molecule has 28 heavy (non-hydrogen) atoms. The Morgan fingerprint density at radius 2 is 1.93 bits per heavy atom. The molecule has 0 unspecified atom stereocenters. The third kappa shape index (κ3) is 5.16. The second kappa shape index (κ2) is 9.12. The fourth-order valence-electron chi connectivity index (χ4n) is 2.65. The molecule has 5 nitrogen and oxygen atoms in total. The first-order valence-electron chi connectivity index (χ1n) is 8.88. The molecule has 0 spiro atoms. The number of nitrogens with one attached hydrogen (secondary N) is 1. The summed E-state index contributed by atoms with van der Waals surface area (Å²) in [6, 6.07) is 11.2. The number of amides is 1. The number of hydrogen-bond donors (Lipinski definition) is 1. The molecule has 0 bridgehead atoms. The first kappa shape index (κ1) is 19.5. The van der Waals surface area contributed by atoms with Crippen molar-refractivity contribution in [2.24, 2.45) is 0 Å². The SMILES string of the molecule is Cc1cccc(OCCNC(=O)CCc2ncc(-c3c(F)cccc3F)o2)c1. The van der Waals surface area contributed by atoms with Gasteiger partial charge in [-0.2, -0.15) is 0 Å². The van der Waals surface area contributed by atoms with Gasteiger partial charge >= 0.3 is 0 Å². The lowest BCUT2D eigenvalue weighted by atomic mass is 10.1. The van der Waals surface area contributed by atoms with E-state index in [4.69, 9.17) is 9.15 Å². The molecule has 0 aliphatic carbocycles. The van der Waals surface area contributed by atoms with Crippen molar-refractivity contribution in [3.8, 4) is 17.1 Å². The molecule has 2 aromatic carbocycles. The van der Waals surface area contributed by atoms with Crippen LogP contribution in [0.2, 0.25) is 0 Å². The molecule has 1 aromatic heterocycles. The van der Waals surface area contributed by atoms with E-state index in [-0.39, 0.29) is 36.0 Å². The van der Waals surface area contributed by atoms with Gasteiger partial charge < -0.3 is 14.5 Å². The predicted octanol–water partition coefficient (Wildman–Crippen LogP) is 4.06. The van der Waals surface area contributed by atoms with Gasteiger partial charge in [-0.25, -0.2) is 13.8 Å². The van der Waals surface area contributed by atoms with E-state index in [0.717, 1.165) is 23.4 Å². The minimum Gasteiger partial charge on any atom is -0.492 e. The molecule has 146 valence electrons. The Hall–Kier alpha value is -3.22. The summed E-state index contributed by atoms with van der Waals surface area (Å²) in [6.07, 6.45) is 1.62. The van der Waals surface area contributed by atoms with E-state index in [2.05, 4.69) is 10.3 Å². The van der Waals surface area contributed by atoms with Crippen molar-refractivity contribution in [3.05, 3.63) is 71.8 Å². The zero-order valence-corrected chi connectivity index (χ0v) is 15.4. The van der Waals surface area contributed by atoms with Crippen LogP contribution in [0.25, 0.3) is 11.3 Å². The maximum absolute atomic E-state index is 13.8. The molecule has 3 rings (SSSR count). The Morgan fingerprint density at radius 3 is 2.68 bits per heavy atom. The number of oxazole rings is 1. The smallest absolute Gasteiger partial charge is 0.220 e. The van der Waals surface area contributed by atoms with E-state index in [1.807, 2.05) is 31.2 Å². The first-order chi connectivity index (χ1) is 13.5. The summed E-state index contributed by atoms with van der Waals surface area (Å²) in [4.78, 5) is 15.9. The molecule has 0 saturated heterocycles. The van der Waals surface area contributed by atoms with Crippen molar-refractivity contribution in [2.45, 2.75) is 19.8 Å². The number of halogens is 2. The fraction of sp³-hybridized carbons (Fsp3) is 0.238. The average molecular weight is 386 g/mol. The maximum atomic E-state index is 13.8. The van der Waals surface area contributed by atoms with Crippen molar-refractivity contribution in [2.75, 3.05) is 13.2 Å². The van der Waals surface area contributed by atoms with Crippen molar-refractivity contribution in [3.63, 3.8) is 0 Å². The fourth-order valence-corrected chi connectivity index (χ4v) is 2.65. The predicted molar refractivity (Wildman–Crippen MR) is 99.9 cm³/mol. The first-order valence-corrected chi connectivity index (χ1v) is 8.88. The van der Waals surface area contributed by atoms with Gasteiger partial charge in [-0.15, -0.1) is 0 Å². The number of carbonyl (C=O) groups is 1. The van der Waals surface area contributed by atoms with Gasteiger partial charge in [0.15, 0.2) is 11.7 Å². The van der Waals surface area contributed by atoms with Gasteiger partial charge in [-0.05, 0) is 36.8 Å². The zero-order chi connectivity index (χ0) is 19.9. The third-order valence-electron chi connectivity index (χ3n) is 4.01. The molecule has 3 aromatic rings.